The highest BCUT2D eigenvalue weighted by atomic mass is 16.5. The molecule has 0 aliphatic rings. The fourth-order valence-electron chi connectivity index (χ4n) is 1.42. The van der Waals surface area contributed by atoms with Crippen LogP contribution in [-0.4, -0.2) is 36.1 Å². The number of hydrogen-bond donors (Lipinski definition) is 0. The molecule has 0 aliphatic heterocycles. The van der Waals surface area contributed by atoms with Crippen molar-refractivity contribution in [1.82, 2.24) is 4.90 Å². The molecule has 0 spiro atoms. The molecule has 0 heterocycles. The van der Waals surface area contributed by atoms with E-state index in [0.29, 0.717) is 12.2 Å². The SMILES string of the molecule is C=C(C)C(=O)OCCN(CCC)C(C)(C)C. The summed E-state index contributed by atoms with van der Waals surface area (Å²) in [5.41, 5.74) is 0.573. The van der Waals surface area contributed by atoms with Crippen LogP contribution in [0.2, 0.25) is 0 Å². The lowest BCUT2D eigenvalue weighted by atomic mass is 10.1. The Kier molecular flexibility index (Phi) is 6.34. The average Bonchev–Trinajstić information content (AvgIpc) is 2.14. The molecule has 0 radical (unpaired) electrons. The lowest BCUT2D eigenvalue weighted by Crippen LogP contribution is -2.43. The lowest BCUT2D eigenvalue weighted by Gasteiger charge is -2.35. The zero-order valence-corrected chi connectivity index (χ0v) is 11.3. The Labute approximate surface area is 99.5 Å². The van der Waals surface area contributed by atoms with Crippen LogP contribution < -0.4 is 0 Å². The molecule has 0 saturated heterocycles. The van der Waals surface area contributed by atoms with Gasteiger partial charge in [0.15, 0.2) is 0 Å². The second-order valence-corrected chi connectivity index (χ2v) is 5.07. The number of ether oxygens (including phenoxy) is 1. The van der Waals surface area contributed by atoms with E-state index in [2.05, 4.69) is 39.2 Å². The molecule has 0 saturated carbocycles. The van der Waals surface area contributed by atoms with Crippen LogP contribution in [0.25, 0.3) is 0 Å². The van der Waals surface area contributed by atoms with Gasteiger partial charge in [-0.2, -0.15) is 0 Å². The number of carbonyl (C=O) groups excluding carboxylic acids is 1. The van der Waals surface area contributed by atoms with Crippen molar-refractivity contribution in [2.24, 2.45) is 0 Å². The Morgan fingerprint density at radius 1 is 1.31 bits per heavy atom. The molecule has 94 valence electrons. The fraction of sp³-hybridized carbons (Fsp3) is 0.769. The predicted octanol–water partition coefficient (Wildman–Crippen LogP) is 2.62. The van der Waals surface area contributed by atoms with Crippen LogP contribution in [0.1, 0.15) is 41.0 Å². The van der Waals surface area contributed by atoms with Gasteiger partial charge in [0.25, 0.3) is 0 Å². The average molecular weight is 227 g/mol. The predicted molar refractivity (Wildman–Crippen MR) is 67.4 cm³/mol. The van der Waals surface area contributed by atoms with Gasteiger partial charge in [-0.1, -0.05) is 13.5 Å². The van der Waals surface area contributed by atoms with E-state index in [1.54, 1.807) is 6.92 Å². The van der Waals surface area contributed by atoms with Crippen molar-refractivity contribution in [2.45, 2.75) is 46.6 Å². The smallest absolute Gasteiger partial charge is 0.333 e. The topological polar surface area (TPSA) is 29.5 Å². The van der Waals surface area contributed by atoms with Crippen LogP contribution in [0.4, 0.5) is 0 Å². The summed E-state index contributed by atoms with van der Waals surface area (Å²) in [6.07, 6.45) is 1.10. The Hall–Kier alpha value is -0.830. The van der Waals surface area contributed by atoms with E-state index in [-0.39, 0.29) is 11.5 Å². The summed E-state index contributed by atoms with van der Waals surface area (Å²) >= 11 is 0. The maximum atomic E-state index is 11.2. The van der Waals surface area contributed by atoms with E-state index >= 15 is 0 Å². The first-order valence-electron chi connectivity index (χ1n) is 5.86. The number of hydrogen-bond acceptors (Lipinski definition) is 3. The maximum Gasteiger partial charge on any atom is 0.333 e. The van der Waals surface area contributed by atoms with Gasteiger partial charge in [0, 0.05) is 17.7 Å². The summed E-state index contributed by atoms with van der Waals surface area (Å²) in [4.78, 5) is 13.5. The van der Waals surface area contributed by atoms with Crippen molar-refractivity contribution in [3.05, 3.63) is 12.2 Å². The molecular weight excluding hydrogens is 202 g/mol. The highest BCUT2D eigenvalue weighted by Crippen LogP contribution is 2.13. The van der Waals surface area contributed by atoms with Gasteiger partial charge >= 0.3 is 5.97 Å². The van der Waals surface area contributed by atoms with Crippen molar-refractivity contribution in [2.75, 3.05) is 19.7 Å². The normalized spacial score (nSPS) is 11.6. The van der Waals surface area contributed by atoms with Crippen LogP contribution in [0.3, 0.4) is 0 Å². The molecule has 0 aliphatic carbocycles. The monoisotopic (exact) mass is 227 g/mol. The summed E-state index contributed by atoms with van der Waals surface area (Å²) < 4.78 is 5.10. The Morgan fingerprint density at radius 2 is 1.88 bits per heavy atom. The molecule has 0 atom stereocenters. The fourth-order valence-corrected chi connectivity index (χ4v) is 1.42. The Bertz CT molecular complexity index is 241. The van der Waals surface area contributed by atoms with Crippen LogP contribution >= 0.6 is 0 Å². The van der Waals surface area contributed by atoms with Crippen molar-refractivity contribution in [1.29, 1.82) is 0 Å². The zero-order valence-electron chi connectivity index (χ0n) is 11.3. The third kappa shape index (κ3) is 5.91. The Balaban J connectivity index is 4.04. The molecule has 16 heavy (non-hydrogen) atoms. The number of nitrogens with zero attached hydrogens (tertiary/aromatic N) is 1. The lowest BCUT2D eigenvalue weighted by molar-refractivity contribution is -0.139. The molecule has 0 bridgehead atoms. The zero-order chi connectivity index (χ0) is 12.8. The molecule has 0 rings (SSSR count). The minimum atomic E-state index is -0.301. The largest absolute Gasteiger partial charge is 0.461 e. The first-order chi connectivity index (χ1) is 7.29. The van der Waals surface area contributed by atoms with E-state index in [1.807, 2.05) is 0 Å². The van der Waals surface area contributed by atoms with E-state index in [9.17, 15) is 4.79 Å². The van der Waals surface area contributed by atoms with Gasteiger partial charge in [-0.15, -0.1) is 0 Å². The molecule has 0 N–H and O–H groups in total. The summed E-state index contributed by atoms with van der Waals surface area (Å²) in [5.74, 6) is -0.301. The molecular formula is C13H25NO2. The van der Waals surface area contributed by atoms with Gasteiger partial charge < -0.3 is 4.74 Å². The van der Waals surface area contributed by atoms with Crippen LogP contribution in [0.5, 0.6) is 0 Å². The summed E-state index contributed by atoms with van der Waals surface area (Å²) in [7, 11) is 0. The van der Waals surface area contributed by atoms with E-state index < -0.39 is 0 Å². The van der Waals surface area contributed by atoms with Crippen molar-refractivity contribution in [3.63, 3.8) is 0 Å². The molecule has 3 nitrogen and oxygen atoms in total. The van der Waals surface area contributed by atoms with Gasteiger partial charge in [0.2, 0.25) is 0 Å². The van der Waals surface area contributed by atoms with Crippen molar-refractivity contribution >= 4 is 5.97 Å². The van der Waals surface area contributed by atoms with E-state index in [1.165, 1.54) is 0 Å². The van der Waals surface area contributed by atoms with Gasteiger partial charge in [0.05, 0.1) is 0 Å². The molecule has 0 aromatic carbocycles. The number of rotatable bonds is 6. The molecule has 0 aromatic heterocycles. The van der Waals surface area contributed by atoms with Crippen molar-refractivity contribution in [3.8, 4) is 0 Å². The highest BCUT2D eigenvalue weighted by Gasteiger charge is 2.20. The summed E-state index contributed by atoms with van der Waals surface area (Å²) in [6.45, 7) is 16.1. The first kappa shape index (κ1) is 15.2. The summed E-state index contributed by atoms with van der Waals surface area (Å²) in [6, 6.07) is 0. The van der Waals surface area contributed by atoms with E-state index in [4.69, 9.17) is 4.74 Å². The molecule has 0 fully saturated rings. The van der Waals surface area contributed by atoms with Crippen LogP contribution in [0, 0.1) is 0 Å². The van der Waals surface area contributed by atoms with Crippen LogP contribution in [-0.2, 0) is 9.53 Å². The molecule has 0 amide bonds. The minimum absolute atomic E-state index is 0.117. The highest BCUT2D eigenvalue weighted by molar-refractivity contribution is 5.86. The second-order valence-electron chi connectivity index (χ2n) is 5.07. The number of esters is 1. The first-order valence-corrected chi connectivity index (χ1v) is 5.86. The van der Waals surface area contributed by atoms with Gasteiger partial charge in [-0.05, 0) is 40.7 Å². The minimum Gasteiger partial charge on any atom is -0.461 e. The van der Waals surface area contributed by atoms with Gasteiger partial charge in [-0.3, -0.25) is 4.90 Å². The third-order valence-corrected chi connectivity index (χ3v) is 2.39. The van der Waals surface area contributed by atoms with E-state index in [0.717, 1.165) is 19.5 Å². The van der Waals surface area contributed by atoms with Gasteiger partial charge in [-0.25, -0.2) is 4.79 Å². The molecule has 0 unspecified atom stereocenters. The quantitative estimate of drug-likeness (QED) is 0.516. The van der Waals surface area contributed by atoms with Crippen LogP contribution in [0.15, 0.2) is 12.2 Å². The second kappa shape index (κ2) is 6.69. The molecule has 0 aromatic rings. The number of carbonyl (C=O) groups is 1. The Morgan fingerprint density at radius 3 is 2.25 bits per heavy atom. The molecule has 3 heteroatoms. The maximum absolute atomic E-state index is 11.2. The van der Waals surface area contributed by atoms with Gasteiger partial charge in [0.1, 0.15) is 6.61 Å². The third-order valence-electron chi connectivity index (χ3n) is 2.39. The standard InChI is InChI=1S/C13H25NO2/c1-7-8-14(13(4,5)6)9-10-16-12(15)11(2)3/h2,7-10H2,1,3-6H3. The van der Waals surface area contributed by atoms with Crippen molar-refractivity contribution < 1.29 is 9.53 Å². The summed E-state index contributed by atoms with van der Waals surface area (Å²) in [5, 5.41) is 0.